The van der Waals surface area contributed by atoms with Crippen molar-refractivity contribution in [2.75, 3.05) is 50.1 Å². The molecule has 3 rings (SSSR count). The molecule has 2 N–H and O–H groups in total. The highest BCUT2D eigenvalue weighted by Gasteiger charge is 2.14. The lowest BCUT2D eigenvalue weighted by Gasteiger charge is -2.25. The number of anilines is 2. The quantitative estimate of drug-likeness (QED) is 0.751. The van der Waals surface area contributed by atoms with E-state index in [1.165, 1.54) is 0 Å². The van der Waals surface area contributed by atoms with E-state index < -0.39 is 0 Å². The molecule has 2 amide bonds. The molecule has 0 saturated carbocycles. The summed E-state index contributed by atoms with van der Waals surface area (Å²) in [6, 6.07) is 12.9. The first kappa shape index (κ1) is 20.8. The number of aryl methyl sites for hydroxylation is 2. The van der Waals surface area contributed by atoms with Crippen LogP contribution in [0.15, 0.2) is 42.5 Å². The first-order valence-corrected chi connectivity index (χ1v) is 9.70. The van der Waals surface area contributed by atoms with E-state index in [-0.39, 0.29) is 18.4 Å². The highest BCUT2D eigenvalue weighted by Crippen LogP contribution is 2.22. The van der Waals surface area contributed by atoms with Gasteiger partial charge in [-0.2, -0.15) is 0 Å². The maximum atomic E-state index is 12.2. The minimum absolute atomic E-state index is 0.0642. The summed E-state index contributed by atoms with van der Waals surface area (Å²) in [4.78, 5) is 26.4. The van der Waals surface area contributed by atoms with Crippen LogP contribution in [-0.4, -0.2) is 56.2 Å². The Kier molecular flexibility index (Phi) is 7.21. The molecule has 0 aliphatic carbocycles. The lowest BCUT2D eigenvalue weighted by Crippen LogP contribution is -2.41. The summed E-state index contributed by atoms with van der Waals surface area (Å²) in [5.74, 6) is 0.434. The van der Waals surface area contributed by atoms with Gasteiger partial charge in [0.1, 0.15) is 5.75 Å². The van der Waals surface area contributed by atoms with Crippen LogP contribution >= 0.6 is 0 Å². The zero-order valence-corrected chi connectivity index (χ0v) is 16.9. The van der Waals surface area contributed by atoms with E-state index in [0.717, 1.165) is 30.0 Å². The first-order chi connectivity index (χ1) is 14.0. The monoisotopic (exact) mass is 397 g/mol. The molecule has 1 fully saturated rings. The number of carbonyl (C=O) groups is 2. The summed E-state index contributed by atoms with van der Waals surface area (Å²) in [6.45, 7) is 7.04. The van der Waals surface area contributed by atoms with Gasteiger partial charge < -0.3 is 20.1 Å². The molecule has 1 heterocycles. The number of hydrogen-bond donors (Lipinski definition) is 2. The van der Waals surface area contributed by atoms with Crippen LogP contribution in [0.3, 0.4) is 0 Å². The van der Waals surface area contributed by atoms with Crippen molar-refractivity contribution < 1.29 is 19.1 Å². The van der Waals surface area contributed by atoms with Gasteiger partial charge in [0.15, 0.2) is 6.61 Å². The highest BCUT2D eigenvalue weighted by atomic mass is 16.5. The fraction of sp³-hybridized carbons (Fsp3) is 0.364. The van der Waals surface area contributed by atoms with Crippen LogP contribution in [0.25, 0.3) is 0 Å². The SMILES string of the molecule is Cc1cccc(C)c1OCC(=O)Nc1ccc(NC(=O)CN2CCOCC2)cc1. The van der Waals surface area contributed by atoms with Gasteiger partial charge in [-0.1, -0.05) is 18.2 Å². The maximum Gasteiger partial charge on any atom is 0.262 e. The molecule has 0 bridgehead atoms. The van der Waals surface area contributed by atoms with Gasteiger partial charge in [-0.05, 0) is 49.2 Å². The molecule has 1 aliphatic rings. The molecule has 1 saturated heterocycles. The minimum atomic E-state index is -0.239. The largest absolute Gasteiger partial charge is 0.483 e. The highest BCUT2D eigenvalue weighted by molar-refractivity contribution is 5.94. The van der Waals surface area contributed by atoms with Crippen molar-refractivity contribution in [1.29, 1.82) is 0 Å². The van der Waals surface area contributed by atoms with E-state index in [4.69, 9.17) is 9.47 Å². The molecule has 0 spiro atoms. The number of nitrogens with one attached hydrogen (secondary N) is 2. The lowest BCUT2D eigenvalue weighted by atomic mass is 10.1. The minimum Gasteiger partial charge on any atom is -0.483 e. The predicted molar refractivity (Wildman–Crippen MR) is 112 cm³/mol. The van der Waals surface area contributed by atoms with Gasteiger partial charge in [0.05, 0.1) is 19.8 Å². The number of carbonyl (C=O) groups excluding carboxylic acids is 2. The summed E-state index contributed by atoms with van der Waals surface area (Å²) >= 11 is 0. The van der Waals surface area contributed by atoms with Gasteiger partial charge in [0.2, 0.25) is 5.91 Å². The van der Waals surface area contributed by atoms with Crippen molar-refractivity contribution in [1.82, 2.24) is 4.90 Å². The average Bonchev–Trinajstić information content (AvgIpc) is 2.70. The molecule has 2 aromatic rings. The third-order valence-corrected chi connectivity index (χ3v) is 4.68. The Bertz CT molecular complexity index is 825. The topological polar surface area (TPSA) is 79.9 Å². The second kappa shape index (κ2) is 10.0. The van der Waals surface area contributed by atoms with Crippen molar-refractivity contribution in [3.63, 3.8) is 0 Å². The molecule has 7 heteroatoms. The molecule has 2 aromatic carbocycles. The van der Waals surface area contributed by atoms with Crippen molar-refractivity contribution >= 4 is 23.2 Å². The number of benzene rings is 2. The molecule has 154 valence electrons. The van der Waals surface area contributed by atoms with Gasteiger partial charge in [-0.3, -0.25) is 14.5 Å². The van der Waals surface area contributed by atoms with E-state index in [9.17, 15) is 9.59 Å². The molecule has 7 nitrogen and oxygen atoms in total. The van der Waals surface area contributed by atoms with Crippen LogP contribution in [0.4, 0.5) is 11.4 Å². The van der Waals surface area contributed by atoms with Gasteiger partial charge in [-0.25, -0.2) is 0 Å². The second-order valence-corrected chi connectivity index (χ2v) is 7.07. The van der Waals surface area contributed by atoms with E-state index in [1.54, 1.807) is 24.3 Å². The van der Waals surface area contributed by atoms with E-state index in [1.807, 2.05) is 32.0 Å². The number of hydrogen-bond acceptors (Lipinski definition) is 5. The summed E-state index contributed by atoms with van der Waals surface area (Å²) in [6.07, 6.45) is 0. The normalized spacial score (nSPS) is 14.3. The maximum absolute atomic E-state index is 12.2. The fourth-order valence-electron chi connectivity index (χ4n) is 3.16. The lowest BCUT2D eigenvalue weighted by molar-refractivity contribution is -0.119. The number of nitrogens with zero attached hydrogens (tertiary/aromatic N) is 1. The van der Waals surface area contributed by atoms with Crippen molar-refractivity contribution in [3.8, 4) is 5.75 Å². The summed E-state index contributed by atoms with van der Waals surface area (Å²) < 4.78 is 10.9. The molecular weight excluding hydrogens is 370 g/mol. The zero-order chi connectivity index (χ0) is 20.6. The average molecular weight is 397 g/mol. The predicted octanol–water partition coefficient (Wildman–Crippen LogP) is 2.59. The van der Waals surface area contributed by atoms with Gasteiger partial charge in [-0.15, -0.1) is 0 Å². The first-order valence-electron chi connectivity index (χ1n) is 9.70. The van der Waals surface area contributed by atoms with Crippen molar-refractivity contribution in [2.24, 2.45) is 0 Å². The Hall–Kier alpha value is -2.90. The standard InChI is InChI=1S/C22H27N3O4/c1-16-4-3-5-17(2)22(16)29-15-21(27)24-19-8-6-18(7-9-19)23-20(26)14-25-10-12-28-13-11-25/h3-9H,10-15H2,1-2H3,(H,23,26)(H,24,27). The Labute approximate surface area is 171 Å². The Morgan fingerprint density at radius 2 is 1.48 bits per heavy atom. The molecule has 0 unspecified atom stereocenters. The number of ether oxygens (including phenoxy) is 2. The van der Waals surface area contributed by atoms with Crippen LogP contribution in [-0.2, 0) is 14.3 Å². The van der Waals surface area contributed by atoms with E-state index >= 15 is 0 Å². The molecule has 0 aromatic heterocycles. The second-order valence-electron chi connectivity index (χ2n) is 7.07. The Balaban J connectivity index is 1.45. The molecule has 1 aliphatic heterocycles. The van der Waals surface area contributed by atoms with Crippen LogP contribution in [0.1, 0.15) is 11.1 Å². The molecule has 0 radical (unpaired) electrons. The van der Waals surface area contributed by atoms with E-state index in [2.05, 4.69) is 15.5 Å². The summed E-state index contributed by atoms with van der Waals surface area (Å²) in [7, 11) is 0. The van der Waals surface area contributed by atoms with Crippen LogP contribution in [0, 0.1) is 13.8 Å². The fourth-order valence-corrected chi connectivity index (χ4v) is 3.16. The summed E-state index contributed by atoms with van der Waals surface area (Å²) in [5.41, 5.74) is 3.32. The molecule has 0 atom stereocenters. The third kappa shape index (κ3) is 6.30. The number of amides is 2. The molecule has 29 heavy (non-hydrogen) atoms. The van der Waals surface area contributed by atoms with Crippen LogP contribution in [0.5, 0.6) is 5.75 Å². The van der Waals surface area contributed by atoms with Gasteiger partial charge in [0.25, 0.3) is 5.91 Å². The van der Waals surface area contributed by atoms with Crippen molar-refractivity contribution in [2.45, 2.75) is 13.8 Å². The number of para-hydroxylation sites is 1. The van der Waals surface area contributed by atoms with Crippen LogP contribution < -0.4 is 15.4 Å². The Morgan fingerprint density at radius 3 is 2.07 bits per heavy atom. The van der Waals surface area contributed by atoms with E-state index in [0.29, 0.717) is 31.1 Å². The molecular formula is C22H27N3O4. The van der Waals surface area contributed by atoms with Gasteiger partial charge in [0, 0.05) is 24.5 Å². The third-order valence-electron chi connectivity index (χ3n) is 4.68. The van der Waals surface area contributed by atoms with Gasteiger partial charge >= 0.3 is 0 Å². The summed E-state index contributed by atoms with van der Waals surface area (Å²) in [5, 5.41) is 5.67. The number of morpholine rings is 1. The Morgan fingerprint density at radius 1 is 0.931 bits per heavy atom. The zero-order valence-electron chi connectivity index (χ0n) is 16.9. The number of rotatable bonds is 7. The smallest absolute Gasteiger partial charge is 0.262 e. The van der Waals surface area contributed by atoms with Crippen molar-refractivity contribution in [3.05, 3.63) is 53.6 Å². The van der Waals surface area contributed by atoms with Crippen LogP contribution in [0.2, 0.25) is 0 Å².